The lowest BCUT2D eigenvalue weighted by molar-refractivity contribution is -0.138. The first-order valence-corrected chi connectivity index (χ1v) is 8.91. The van der Waals surface area contributed by atoms with Gasteiger partial charge < -0.3 is 9.80 Å². The Balaban J connectivity index is 1.48. The van der Waals surface area contributed by atoms with E-state index in [1.54, 1.807) is 24.3 Å². The van der Waals surface area contributed by atoms with Gasteiger partial charge in [-0.2, -0.15) is 0 Å². The summed E-state index contributed by atoms with van der Waals surface area (Å²) < 4.78 is 1.52. The maximum absolute atomic E-state index is 13.1. The number of rotatable bonds is 3. The molecule has 2 aromatic rings. The minimum Gasteiger partial charge on any atom is -0.338 e. The lowest BCUT2D eigenvalue weighted by Crippen LogP contribution is -2.50. The standard InChI is InChI=1S/C18H22N6O2/c1-22-13-20-15(21-22)16(25)24-9-2-5-18(12-24)6-10-23(17(18)26)11-14-3-7-19-8-4-14/h3-4,7-8,13H,2,5-6,9-12H2,1H3. The van der Waals surface area contributed by atoms with E-state index in [0.29, 0.717) is 19.6 Å². The van der Waals surface area contributed by atoms with Crippen molar-refractivity contribution in [3.8, 4) is 0 Å². The van der Waals surface area contributed by atoms with Crippen molar-refractivity contribution in [1.82, 2.24) is 29.5 Å². The average Bonchev–Trinajstić information content (AvgIpc) is 3.22. The maximum Gasteiger partial charge on any atom is 0.293 e. The second-order valence-electron chi connectivity index (χ2n) is 7.18. The van der Waals surface area contributed by atoms with Gasteiger partial charge in [0, 0.05) is 45.6 Å². The first-order valence-electron chi connectivity index (χ1n) is 8.91. The van der Waals surface area contributed by atoms with Gasteiger partial charge in [-0.05, 0) is 37.0 Å². The molecule has 4 rings (SSSR count). The summed E-state index contributed by atoms with van der Waals surface area (Å²) in [6.45, 7) is 2.43. The normalized spacial score (nSPS) is 23.0. The molecule has 2 amide bonds. The highest BCUT2D eigenvalue weighted by molar-refractivity contribution is 5.92. The minimum atomic E-state index is -0.463. The number of aryl methyl sites for hydroxylation is 1. The number of hydrogen-bond acceptors (Lipinski definition) is 5. The molecule has 0 radical (unpaired) electrons. The molecule has 2 aromatic heterocycles. The van der Waals surface area contributed by atoms with Crippen molar-refractivity contribution in [1.29, 1.82) is 0 Å². The predicted molar refractivity (Wildman–Crippen MR) is 92.8 cm³/mol. The van der Waals surface area contributed by atoms with E-state index in [4.69, 9.17) is 0 Å². The zero-order chi connectivity index (χ0) is 18.1. The fraction of sp³-hybridized carbons (Fsp3) is 0.500. The van der Waals surface area contributed by atoms with Gasteiger partial charge in [-0.25, -0.2) is 4.98 Å². The number of piperidine rings is 1. The van der Waals surface area contributed by atoms with Gasteiger partial charge in [0.1, 0.15) is 6.33 Å². The van der Waals surface area contributed by atoms with Crippen LogP contribution in [0, 0.1) is 5.41 Å². The van der Waals surface area contributed by atoms with Crippen molar-refractivity contribution in [2.75, 3.05) is 19.6 Å². The van der Waals surface area contributed by atoms with Gasteiger partial charge in [-0.15, -0.1) is 5.10 Å². The SMILES string of the molecule is Cn1cnc(C(=O)N2CCCC3(CCN(Cc4ccncc4)C3=O)C2)n1. The fourth-order valence-corrected chi connectivity index (χ4v) is 4.01. The second-order valence-corrected chi connectivity index (χ2v) is 7.18. The maximum atomic E-state index is 13.1. The van der Waals surface area contributed by atoms with Crippen LogP contribution in [0.5, 0.6) is 0 Å². The molecule has 1 atom stereocenters. The van der Waals surface area contributed by atoms with Crippen LogP contribution in [-0.4, -0.2) is 61.0 Å². The third-order valence-corrected chi connectivity index (χ3v) is 5.38. The van der Waals surface area contributed by atoms with Gasteiger partial charge >= 0.3 is 0 Å². The molecule has 2 aliphatic heterocycles. The van der Waals surface area contributed by atoms with Gasteiger partial charge in [-0.1, -0.05) is 0 Å². The van der Waals surface area contributed by atoms with Gasteiger partial charge in [0.15, 0.2) is 0 Å². The van der Waals surface area contributed by atoms with E-state index in [0.717, 1.165) is 31.4 Å². The first-order chi connectivity index (χ1) is 12.6. The van der Waals surface area contributed by atoms with Crippen LogP contribution in [0.25, 0.3) is 0 Å². The van der Waals surface area contributed by atoms with Gasteiger partial charge in [0.25, 0.3) is 5.91 Å². The summed E-state index contributed by atoms with van der Waals surface area (Å²) in [6, 6.07) is 3.86. The summed E-state index contributed by atoms with van der Waals surface area (Å²) in [7, 11) is 1.74. The van der Waals surface area contributed by atoms with Crippen LogP contribution in [0.15, 0.2) is 30.9 Å². The van der Waals surface area contributed by atoms with Crippen molar-refractivity contribution in [3.63, 3.8) is 0 Å². The lowest BCUT2D eigenvalue weighted by atomic mass is 9.78. The van der Waals surface area contributed by atoms with Crippen molar-refractivity contribution in [3.05, 3.63) is 42.2 Å². The molecule has 8 nitrogen and oxygen atoms in total. The summed E-state index contributed by atoms with van der Waals surface area (Å²) in [6.07, 6.45) is 7.45. The third-order valence-electron chi connectivity index (χ3n) is 5.38. The molecule has 2 saturated heterocycles. The van der Waals surface area contributed by atoms with Crippen molar-refractivity contribution in [2.45, 2.75) is 25.8 Å². The number of carbonyl (C=O) groups is 2. The Hall–Kier alpha value is -2.77. The van der Waals surface area contributed by atoms with Crippen LogP contribution < -0.4 is 0 Å². The molecule has 0 aromatic carbocycles. The third kappa shape index (κ3) is 2.95. The molecule has 8 heteroatoms. The highest BCUT2D eigenvalue weighted by Gasteiger charge is 2.49. The van der Waals surface area contributed by atoms with Crippen molar-refractivity contribution in [2.24, 2.45) is 12.5 Å². The van der Waals surface area contributed by atoms with E-state index in [1.807, 2.05) is 17.0 Å². The van der Waals surface area contributed by atoms with E-state index in [-0.39, 0.29) is 17.6 Å². The number of aromatic nitrogens is 4. The molecule has 1 spiro atoms. The molecule has 0 N–H and O–H groups in total. The van der Waals surface area contributed by atoms with E-state index in [2.05, 4.69) is 15.1 Å². The number of hydrogen-bond donors (Lipinski definition) is 0. The molecular weight excluding hydrogens is 332 g/mol. The van der Waals surface area contributed by atoms with Crippen LogP contribution in [0.3, 0.4) is 0 Å². The van der Waals surface area contributed by atoms with Gasteiger partial charge in [0.2, 0.25) is 11.7 Å². The predicted octanol–water partition coefficient (Wildman–Crippen LogP) is 0.865. The first kappa shape index (κ1) is 16.7. The molecule has 0 aliphatic carbocycles. The zero-order valence-electron chi connectivity index (χ0n) is 14.8. The Kier molecular flexibility index (Phi) is 4.18. The van der Waals surface area contributed by atoms with E-state index in [9.17, 15) is 9.59 Å². The second kappa shape index (κ2) is 6.51. The number of nitrogens with zero attached hydrogens (tertiary/aromatic N) is 6. The molecule has 4 heterocycles. The number of carbonyl (C=O) groups excluding carboxylic acids is 2. The highest BCUT2D eigenvalue weighted by atomic mass is 16.2. The molecule has 136 valence electrons. The van der Waals surface area contributed by atoms with Crippen LogP contribution in [0.2, 0.25) is 0 Å². The Labute approximate surface area is 151 Å². The van der Waals surface area contributed by atoms with Crippen LogP contribution in [0.1, 0.15) is 35.4 Å². The highest BCUT2D eigenvalue weighted by Crippen LogP contribution is 2.40. The summed E-state index contributed by atoms with van der Waals surface area (Å²) in [5.41, 5.74) is 0.613. The Morgan fingerprint density at radius 1 is 1.23 bits per heavy atom. The van der Waals surface area contributed by atoms with Crippen molar-refractivity contribution >= 4 is 11.8 Å². The molecule has 2 aliphatic rings. The topological polar surface area (TPSA) is 84.2 Å². The van der Waals surface area contributed by atoms with Crippen molar-refractivity contribution < 1.29 is 9.59 Å². The van der Waals surface area contributed by atoms with Gasteiger partial charge in [0.05, 0.1) is 5.41 Å². The molecular formula is C18H22N6O2. The Bertz CT molecular complexity index is 820. The van der Waals surface area contributed by atoms with E-state index >= 15 is 0 Å². The fourth-order valence-electron chi connectivity index (χ4n) is 4.01. The Morgan fingerprint density at radius 2 is 2.04 bits per heavy atom. The largest absolute Gasteiger partial charge is 0.338 e. The number of amides is 2. The van der Waals surface area contributed by atoms with E-state index in [1.165, 1.54) is 11.0 Å². The molecule has 0 bridgehead atoms. The summed E-state index contributed by atoms with van der Waals surface area (Å²) in [5, 5.41) is 4.10. The van der Waals surface area contributed by atoms with Crippen LogP contribution >= 0.6 is 0 Å². The summed E-state index contributed by atoms with van der Waals surface area (Å²) in [5.74, 6) is 0.162. The van der Waals surface area contributed by atoms with Crippen LogP contribution in [-0.2, 0) is 18.4 Å². The monoisotopic (exact) mass is 354 g/mol. The summed E-state index contributed by atoms with van der Waals surface area (Å²) in [4.78, 5) is 37.5. The smallest absolute Gasteiger partial charge is 0.293 e. The average molecular weight is 354 g/mol. The Morgan fingerprint density at radius 3 is 2.77 bits per heavy atom. The number of pyridine rings is 1. The van der Waals surface area contributed by atoms with Crippen LogP contribution in [0.4, 0.5) is 0 Å². The number of likely N-dealkylation sites (tertiary alicyclic amines) is 2. The molecule has 0 saturated carbocycles. The zero-order valence-corrected chi connectivity index (χ0v) is 14.8. The van der Waals surface area contributed by atoms with E-state index < -0.39 is 5.41 Å². The molecule has 26 heavy (non-hydrogen) atoms. The minimum absolute atomic E-state index is 0.154. The van der Waals surface area contributed by atoms with Gasteiger partial charge in [-0.3, -0.25) is 19.3 Å². The molecule has 2 fully saturated rings. The summed E-state index contributed by atoms with van der Waals surface area (Å²) >= 11 is 0. The molecule has 1 unspecified atom stereocenters. The lowest BCUT2D eigenvalue weighted by Gasteiger charge is -2.38. The quantitative estimate of drug-likeness (QED) is 0.816.